The second-order valence-corrected chi connectivity index (χ2v) is 3.09. The molecule has 6 heteroatoms. The molecular weight excluding hydrogens is 196 g/mol. The van der Waals surface area contributed by atoms with Crippen molar-refractivity contribution in [1.82, 2.24) is 19.6 Å². The van der Waals surface area contributed by atoms with Crippen LogP contribution in [0, 0.1) is 0 Å². The third-order valence-corrected chi connectivity index (χ3v) is 2.01. The average molecular weight is 206 g/mol. The number of aryl methyl sites for hydroxylation is 2. The molecule has 0 radical (unpaired) electrons. The van der Waals surface area contributed by atoms with Crippen LogP contribution in [0.25, 0.3) is 0 Å². The van der Waals surface area contributed by atoms with Gasteiger partial charge in [-0.15, -0.1) is 5.10 Å². The van der Waals surface area contributed by atoms with Crippen molar-refractivity contribution in [2.45, 2.75) is 13.1 Å². The van der Waals surface area contributed by atoms with Gasteiger partial charge in [0.15, 0.2) is 5.69 Å². The molecule has 0 saturated carbocycles. The minimum atomic E-state index is -1.05. The van der Waals surface area contributed by atoms with Gasteiger partial charge < -0.3 is 9.67 Å². The number of aromatic nitrogens is 4. The first-order valence-corrected chi connectivity index (χ1v) is 4.50. The van der Waals surface area contributed by atoms with Crippen LogP contribution in [0.15, 0.2) is 30.7 Å². The first kappa shape index (κ1) is 9.45. The number of hydrogen-bond acceptors (Lipinski definition) is 3. The van der Waals surface area contributed by atoms with E-state index in [0.29, 0.717) is 6.54 Å². The number of carbonyl (C=O) groups is 1. The Labute approximate surface area is 85.8 Å². The molecule has 6 nitrogen and oxygen atoms in total. The second kappa shape index (κ2) is 3.95. The van der Waals surface area contributed by atoms with Gasteiger partial charge >= 0.3 is 5.97 Å². The lowest BCUT2D eigenvalue weighted by molar-refractivity contribution is 0.0690. The summed E-state index contributed by atoms with van der Waals surface area (Å²) < 4.78 is 3.51. The molecule has 78 valence electrons. The van der Waals surface area contributed by atoms with Crippen LogP contribution in [0.5, 0.6) is 0 Å². The van der Waals surface area contributed by atoms with Gasteiger partial charge in [0.25, 0.3) is 0 Å². The highest BCUT2D eigenvalue weighted by molar-refractivity contribution is 5.84. The number of aromatic carboxylic acids is 1. The summed E-state index contributed by atoms with van der Waals surface area (Å²) in [4.78, 5) is 10.5. The quantitative estimate of drug-likeness (QED) is 0.789. The lowest BCUT2D eigenvalue weighted by atomic mass is 10.5. The Balaban J connectivity index is 1.96. The minimum Gasteiger partial charge on any atom is -0.476 e. The number of hydrogen-bond donors (Lipinski definition) is 1. The lowest BCUT2D eigenvalue weighted by Gasteiger charge is -2.01. The van der Waals surface area contributed by atoms with Crippen molar-refractivity contribution in [1.29, 1.82) is 0 Å². The van der Waals surface area contributed by atoms with E-state index in [0.717, 1.165) is 6.54 Å². The van der Waals surface area contributed by atoms with Crippen LogP contribution in [0.1, 0.15) is 10.5 Å². The van der Waals surface area contributed by atoms with Gasteiger partial charge in [0.05, 0.1) is 12.7 Å². The van der Waals surface area contributed by atoms with E-state index in [2.05, 4.69) is 10.3 Å². The van der Waals surface area contributed by atoms with Crippen molar-refractivity contribution >= 4 is 5.97 Å². The molecule has 0 bridgehead atoms. The van der Waals surface area contributed by atoms with Crippen LogP contribution >= 0.6 is 0 Å². The molecule has 0 aliphatic carbocycles. The third kappa shape index (κ3) is 2.22. The summed E-state index contributed by atoms with van der Waals surface area (Å²) in [5.41, 5.74) is -0.0255. The second-order valence-electron chi connectivity index (χ2n) is 3.09. The van der Waals surface area contributed by atoms with E-state index in [4.69, 9.17) is 5.11 Å². The highest BCUT2D eigenvalue weighted by Crippen LogP contribution is 1.95. The molecule has 1 N–H and O–H groups in total. The molecule has 0 saturated heterocycles. The molecule has 2 heterocycles. The normalized spacial score (nSPS) is 10.4. The van der Waals surface area contributed by atoms with E-state index < -0.39 is 5.97 Å². The van der Waals surface area contributed by atoms with Crippen LogP contribution in [0.2, 0.25) is 0 Å². The Bertz CT molecular complexity index is 446. The number of carboxylic acids is 1. The number of nitrogens with zero attached hydrogens (tertiary/aromatic N) is 4. The first-order chi connectivity index (χ1) is 7.25. The molecule has 0 aliphatic rings. The van der Waals surface area contributed by atoms with Gasteiger partial charge in [-0.2, -0.15) is 0 Å². The number of rotatable bonds is 4. The summed E-state index contributed by atoms with van der Waals surface area (Å²) in [5.74, 6) is -1.05. The molecule has 0 spiro atoms. The van der Waals surface area contributed by atoms with Crippen LogP contribution in [0.3, 0.4) is 0 Å². The molecule has 0 unspecified atom stereocenters. The van der Waals surface area contributed by atoms with E-state index in [1.807, 2.05) is 29.1 Å². The molecule has 0 aromatic carbocycles. The summed E-state index contributed by atoms with van der Waals surface area (Å²) in [6, 6.07) is 3.87. The zero-order valence-electron chi connectivity index (χ0n) is 7.95. The Morgan fingerprint density at radius 2 is 2.07 bits per heavy atom. The maximum Gasteiger partial charge on any atom is 0.358 e. The molecule has 2 aromatic heterocycles. The maximum atomic E-state index is 10.5. The highest BCUT2D eigenvalue weighted by Gasteiger charge is 2.07. The van der Waals surface area contributed by atoms with E-state index in [1.165, 1.54) is 10.9 Å². The largest absolute Gasteiger partial charge is 0.476 e. The fourth-order valence-corrected chi connectivity index (χ4v) is 1.24. The molecular formula is C9H10N4O2. The zero-order valence-corrected chi connectivity index (χ0v) is 7.95. The van der Waals surface area contributed by atoms with Crippen LogP contribution < -0.4 is 0 Å². The molecule has 0 amide bonds. The fourth-order valence-electron chi connectivity index (χ4n) is 1.24. The standard InChI is InChI=1S/C9H10N4O2/c14-9(15)8-7-13(11-10-8)6-5-12-3-1-2-4-12/h1-4,7H,5-6H2,(H,14,15). The summed E-state index contributed by atoms with van der Waals surface area (Å²) in [7, 11) is 0. The Hall–Kier alpha value is -2.11. The maximum absolute atomic E-state index is 10.5. The van der Waals surface area contributed by atoms with Crippen LogP contribution in [-0.4, -0.2) is 30.6 Å². The topological polar surface area (TPSA) is 72.9 Å². The Kier molecular flexibility index (Phi) is 2.49. The summed E-state index contributed by atoms with van der Waals surface area (Å²) in [6.45, 7) is 1.35. The van der Waals surface area contributed by atoms with Crippen molar-refractivity contribution in [3.8, 4) is 0 Å². The average Bonchev–Trinajstić information content (AvgIpc) is 2.86. The van der Waals surface area contributed by atoms with Gasteiger partial charge in [-0.1, -0.05) is 5.21 Å². The van der Waals surface area contributed by atoms with Crippen molar-refractivity contribution in [2.75, 3.05) is 0 Å². The monoisotopic (exact) mass is 206 g/mol. The zero-order chi connectivity index (χ0) is 10.7. The SMILES string of the molecule is O=C(O)c1cn(CCn2cccc2)nn1. The number of carboxylic acid groups (broad SMARTS) is 1. The lowest BCUT2D eigenvalue weighted by Crippen LogP contribution is -2.06. The van der Waals surface area contributed by atoms with Gasteiger partial charge in [0.1, 0.15) is 0 Å². The summed E-state index contributed by atoms with van der Waals surface area (Å²) in [6.07, 6.45) is 5.30. The van der Waals surface area contributed by atoms with Crippen molar-refractivity contribution in [2.24, 2.45) is 0 Å². The van der Waals surface area contributed by atoms with E-state index in [-0.39, 0.29) is 5.69 Å². The Morgan fingerprint density at radius 3 is 2.67 bits per heavy atom. The molecule has 0 atom stereocenters. The predicted octanol–water partition coefficient (Wildman–Crippen LogP) is 0.478. The summed E-state index contributed by atoms with van der Waals surface area (Å²) >= 11 is 0. The van der Waals surface area contributed by atoms with Gasteiger partial charge in [0.2, 0.25) is 0 Å². The van der Waals surface area contributed by atoms with Crippen molar-refractivity contribution < 1.29 is 9.90 Å². The summed E-state index contributed by atoms with van der Waals surface area (Å²) in [5, 5.41) is 15.9. The molecule has 15 heavy (non-hydrogen) atoms. The third-order valence-electron chi connectivity index (χ3n) is 2.01. The molecule has 0 aliphatic heterocycles. The van der Waals surface area contributed by atoms with Gasteiger partial charge in [-0.25, -0.2) is 9.48 Å². The van der Waals surface area contributed by atoms with Crippen molar-refractivity contribution in [3.63, 3.8) is 0 Å². The molecule has 0 fully saturated rings. The highest BCUT2D eigenvalue weighted by atomic mass is 16.4. The van der Waals surface area contributed by atoms with Gasteiger partial charge in [-0.05, 0) is 12.1 Å². The van der Waals surface area contributed by atoms with Crippen LogP contribution in [0.4, 0.5) is 0 Å². The van der Waals surface area contributed by atoms with Gasteiger partial charge in [-0.3, -0.25) is 0 Å². The van der Waals surface area contributed by atoms with E-state index >= 15 is 0 Å². The minimum absolute atomic E-state index is 0.0255. The van der Waals surface area contributed by atoms with Crippen LogP contribution in [-0.2, 0) is 13.1 Å². The van der Waals surface area contributed by atoms with E-state index in [1.54, 1.807) is 0 Å². The van der Waals surface area contributed by atoms with Crippen molar-refractivity contribution in [3.05, 3.63) is 36.4 Å². The Morgan fingerprint density at radius 1 is 1.33 bits per heavy atom. The first-order valence-electron chi connectivity index (χ1n) is 4.50. The molecule has 2 aromatic rings. The smallest absolute Gasteiger partial charge is 0.358 e. The predicted molar refractivity (Wildman–Crippen MR) is 51.4 cm³/mol. The molecule has 2 rings (SSSR count). The fraction of sp³-hybridized carbons (Fsp3) is 0.222. The van der Waals surface area contributed by atoms with E-state index in [9.17, 15) is 4.79 Å². The van der Waals surface area contributed by atoms with Gasteiger partial charge in [0, 0.05) is 18.9 Å².